The Morgan fingerprint density at radius 2 is 2.17 bits per heavy atom. The lowest BCUT2D eigenvalue weighted by Gasteiger charge is -2.25. The molecule has 1 aliphatic heterocycles. The summed E-state index contributed by atoms with van der Waals surface area (Å²) in [6.45, 7) is 8.12. The molecule has 1 aliphatic rings. The predicted octanol–water partition coefficient (Wildman–Crippen LogP) is 2.04. The van der Waals surface area contributed by atoms with Crippen LogP contribution >= 0.6 is 0 Å². The largest absolute Gasteiger partial charge is 0.411 e. The van der Waals surface area contributed by atoms with Gasteiger partial charge in [-0.15, -0.1) is 0 Å². The van der Waals surface area contributed by atoms with Crippen LogP contribution in [0.1, 0.15) is 34.1 Å². The molecule has 0 aromatic carbocycles. The molecule has 3 nitrogen and oxygen atoms in total. The van der Waals surface area contributed by atoms with Gasteiger partial charge in [-0.1, -0.05) is 19.0 Å². The first kappa shape index (κ1) is 9.52. The number of oxime groups is 1. The minimum atomic E-state index is -0.152. The molecule has 3 unspecified atom stereocenters. The van der Waals surface area contributed by atoms with Crippen LogP contribution in [-0.4, -0.2) is 22.6 Å². The maximum Gasteiger partial charge on any atom is 0.0972 e. The molecule has 0 spiro atoms. The molecule has 12 heavy (non-hydrogen) atoms. The molecule has 1 fully saturated rings. The highest BCUT2D eigenvalue weighted by Crippen LogP contribution is 2.36. The highest BCUT2D eigenvalue weighted by molar-refractivity contribution is 5.92. The maximum absolute atomic E-state index is 8.74. The number of ether oxygens (including phenoxy) is 1. The smallest absolute Gasteiger partial charge is 0.0972 e. The van der Waals surface area contributed by atoms with Crippen molar-refractivity contribution in [1.82, 2.24) is 0 Å². The summed E-state index contributed by atoms with van der Waals surface area (Å²) in [5, 5.41) is 12.0. The van der Waals surface area contributed by atoms with Crippen molar-refractivity contribution in [3.05, 3.63) is 0 Å². The SMILES string of the molecule is CCC1(C)OC(C)/C(=N/O)C1C. The van der Waals surface area contributed by atoms with Crippen molar-refractivity contribution >= 4 is 5.71 Å². The molecular weight excluding hydrogens is 154 g/mol. The van der Waals surface area contributed by atoms with Crippen LogP contribution in [-0.2, 0) is 4.74 Å². The number of rotatable bonds is 1. The Labute approximate surface area is 73.4 Å². The van der Waals surface area contributed by atoms with E-state index in [-0.39, 0.29) is 17.6 Å². The van der Waals surface area contributed by atoms with Gasteiger partial charge >= 0.3 is 0 Å². The Kier molecular flexibility index (Phi) is 2.42. The van der Waals surface area contributed by atoms with Gasteiger partial charge in [0.2, 0.25) is 0 Å². The topological polar surface area (TPSA) is 41.8 Å². The van der Waals surface area contributed by atoms with Gasteiger partial charge in [0.05, 0.1) is 17.4 Å². The van der Waals surface area contributed by atoms with Gasteiger partial charge < -0.3 is 9.94 Å². The number of hydrogen-bond acceptors (Lipinski definition) is 3. The summed E-state index contributed by atoms with van der Waals surface area (Å²) in [5.41, 5.74) is 0.611. The highest BCUT2D eigenvalue weighted by atomic mass is 16.5. The van der Waals surface area contributed by atoms with Crippen LogP contribution in [0, 0.1) is 5.92 Å². The Morgan fingerprint density at radius 3 is 2.42 bits per heavy atom. The first-order valence-electron chi connectivity index (χ1n) is 4.44. The van der Waals surface area contributed by atoms with Gasteiger partial charge in [0, 0.05) is 5.92 Å². The standard InChI is InChI=1S/C9H17NO2/c1-5-9(4)6(2)8(10-11)7(3)12-9/h6-7,11H,5H2,1-4H3/b10-8+. The molecule has 3 atom stereocenters. The molecule has 70 valence electrons. The zero-order valence-corrected chi connectivity index (χ0v) is 8.16. The Morgan fingerprint density at radius 1 is 1.58 bits per heavy atom. The van der Waals surface area contributed by atoms with Crippen LogP contribution in [0.15, 0.2) is 5.16 Å². The lowest BCUT2D eigenvalue weighted by atomic mass is 9.87. The van der Waals surface area contributed by atoms with Crippen LogP contribution in [0.3, 0.4) is 0 Å². The zero-order valence-electron chi connectivity index (χ0n) is 8.16. The van der Waals surface area contributed by atoms with E-state index in [1.165, 1.54) is 0 Å². The molecule has 1 rings (SSSR count). The lowest BCUT2D eigenvalue weighted by Crippen LogP contribution is -2.30. The van der Waals surface area contributed by atoms with Gasteiger partial charge in [-0.25, -0.2) is 0 Å². The van der Waals surface area contributed by atoms with Gasteiger partial charge in [-0.05, 0) is 20.3 Å². The third-order valence-corrected chi connectivity index (χ3v) is 3.04. The summed E-state index contributed by atoms with van der Waals surface area (Å²) >= 11 is 0. The Bertz CT molecular complexity index is 203. The minimum absolute atomic E-state index is 0.0463. The average Bonchev–Trinajstić information content (AvgIpc) is 2.25. The molecular formula is C9H17NO2. The molecule has 0 aliphatic carbocycles. The Balaban J connectivity index is 2.89. The fraction of sp³-hybridized carbons (Fsp3) is 0.889. The van der Waals surface area contributed by atoms with Crippen LogP contribution in [0.25, 0.3) is 0 Å². The van der Waals surface area contributed by atoms with E-state index >= 15 is 0 Å². The molecule has 1 heterocycles. The normalized spacial score (nSPS) is 45.5. The molecule has 0 bridgehead atoms. The first-order chi connectivity index (χ1) is 5.55. The van der Waals surface area contributed by atoms with E-state index in [1.807, 2.05) is 13.8 Å². The van der Waals surface area contributed by atoms with E-state index in [4.69, 9.17) is 9.94 Å². The van der Waals surface area contributed by atoms with E-state index in [9.17, 15) is 0 Å². The second-order valence-corrected chi connectivity index (χ2v) is 3.67. The van der Waals surface area contributed by atoms with Crippen LogP contribution < -0.4 is 0 Å². The fourth-order valence-corrected chi connectivity index (χ4v) is 1.79. The fourth-order valence-electron chi connectivity index (χ4n) is 1.79. The average molecular weight is 171 g/mol. The lowest BCUT2D eigenvalue weighted by molar-refractivity contribution is -0.0368. The number of hydrogen-bond donors (Lipinski definition) is 1. The summed E-state index contributed by atoms with van der Waals surface area (Å²) in [6, 6.07) is 0. The minimum Gasteiger partial charge on any atom is -0.411 e. The van der Waals surface area contributed by atoms with Crippen molar-refractivity contribution in [1.29, 1.82) is 0 Å². The van der Waals surface area contributed by atoms with Gasteiger partial charge in [-0.3, -0.25) is 0 Å². The van der Waals surface area contributed by atoms with Crippen molar-refractivity contribution in [2.45, 2.75) is 45.8 Å². The first-order valence-corrected chi connectivity index (χ1v) is 4.44. The van der Waals surface area contributed by atoms with Crippen molar-refractivity contribution in [2.24, 2.45) is 11.1 Å². The second kappa shape index (κ2) is 3.05. The molecule has 0 saturated carbocycles. The van der Waals surface area contributed by atoms with E-state index in [0.717, 1.165) is 12.1 Å². The number of nitrogens with zero attached hydrogens (tertiary/aromatic N) is 1. The van der Waals surface area contributed by atoms with Crippen LogP contribution in [0.2, 0.25) is 0 Å². The second-order valence-electron chi connectivity index (χ2n) is 3.67. The third kappa shape index (κ3) is 1.22. The predicted molar refractivity (Wildman–Crippen MR) is 47.6 cm³/mol. The van der Waals surface area contributed by atoms with Crippen LogP contribution in [0.5, 0.6) is 0 Å². The maximum atomic E-state index is 8.74. The molecule has 0 radical (unpaired) electrons. The Hall–Kier alpha value is -0.570. The van der Waals surface area contributed by atoms with Gasteiger partial charge in [0.1, 0.15) is 0 Å². The summed E-state index contributed by atoms with van der Waals surface area (Å²) < 4.78 is 5.72. The summed E-state index contributed by atoms with van der Waals surface area (Å²) in [6.07, 6.45) is 0.896. The van der Waals surface area contributed by atoms with Gasteiger partial charge in [-0.2, -0.15) is 0 Å². The van der Waals surface area contributed by atoms with Gasteiger partial charge in [0.25, 0.3) is 0 Å². The molecule has 0 aromatic heterocycles. The molecule has 1 saturated heterocycles. The molecule has 3 heteroatoms. The summed E-state index contributed by atoms with van der Waals surface area (Å²) in [7, 11) is 0. The summed E-state index contributed by atoms with van der Waals surface area (Å²) in [4.78, 5) is 0. The summed E-state index contributed by atoms with van der Waals surface area (Å²) in [5.74, 6) is 0.211. The quantitative estimate of drug-likeness (QED) is 0.484. The monoisotopic (exact) mass is 171 g/mol. The van der Waals surface area contributed by atoms with Crippen molar-refractivity contribution in [3.8, 4) is 0 Å². The van der Waals surface area contributed by atoms with E-state index < -0.39 is 0 Å². The third-order valence-electron chi connectivity index (χ3n) is 3.04. The van der Waals surface area contributed by atoms with E-state index in [0.29, 0.717) is 0 Å². The van der Waals surface area contributed by atoms with Crippen molar-refractivity contribution in [2.75, 3.05) is 0 Å². The van der Waals surface area contributed by atoms with Crippen molar-refractivity contribution < 1.29 is 9.94 Å². The molecule has 0 amide bonds. The van der Waals surface area contributed by atoms with Crippen molar-refractivity contribution in [3.63, 3.8) is 0 Å². The highest BCUT2D eigenvalue weighted by Gasteiger charge is 2.44. The molecule has 0 aromatic rings. The van der Waals surface area contributed by atoms with Crippen LogP contribution in [0.4, 0.5) is 0 Å². The molecule has 1 N–H and O–H groups in total. The van der Waals surface area contributed by atoms with E-state index in [1.54, 1.807) is 0 Å². The zero-order chi connectivity index (χ0) is 9.35. The van der Waals surface area contributed by atoms with E-state index in [2.05, 4.69) is 19.0 Å². The van der Waals surface area contributed by atoms with Gasteiger partial charge in [0.15, 0.2) is 0 Å².